The van der Waals surface area contributed by atoms with Crippen LogP contribution in [0, 0.1) is 0 Å². The van der Waals surface area contributed by atoms with Gasteiger partial charge in [0.1, 0.15) is 0 Å². The summed E-state index contributed by atoms with van der Waals surface area (Å²) in [5.74, 6) is 0. The molecule has 1 nitrogen and oxygen atoms in total. The summed E-state index contributed by atoms with van der Waals surface area (Å²) in [6, 6.07) is 11.1. The third-order valence-corrected chi connectivity index (χ3v) is 5.18. The van der Waals surface area contributed by atoms with Gasteiger partial charge in [-0.15, -0.1) is 11.3 Å². The van der Waals surface area contributed by atoms with Gasteiger partial charge < -0.3 is 5.73 Å². The molecule has 2 aromatic rings. The number of hydrogen-bond donors (Lipinski definition) is 1. The van der Waals surface area contributed by atoms with Crippen LogP contribution in [-0.2, 0) is 0 Å². The third kappa shape index (κ3) is 4.60. The van der Waals surface area contributed by atoms with E-state index in [-0.39, 0.29) is 6.04 Å². The quantitative estimate of drug-likeness (QED) is 0.559. The fourth-order valence-electron chi connectivity index (χ4n) is 2.65. The molecule has 0 saturated heterocycles. The molecule has 2 heteroatoms. The molecule has 0 fully saturated rings. The van der Waals surface area contributed by atoms with E-state index < -0.39 is 0 Å². The summed E-state index contributed by atoms with van der Waals surface area (Å²) >= 11 is 1.86. The molecule has 0 radical (unpaired) electrons. The number of fused-ring (bicyclic) bond motifs is 1. The smallest absolute Gasteiger partial charge is 0.0390 e. The van der Waals surface area contributed by atoms with Gasteiger partial charge in [-0.25, -0.2) is 0 Å². The minimum atomic E-state index is 0.225. The normalized spacial score (nSPS) is 12.9. The Morgan fingerprint density at radius 3 is 2.45 bits per heavy atom. The van der Waals surface area contributed by atoms with Gasteiger partial charge in [0, 0.05) is 15.6 Å². The van der Waals surface area contributed by atoms with Gasteiger partial charge in [-0.05, 0) is 23.9 Å². The predicted octanol–water partition coefficient (Wildman–Crippen LogP) is 6.04. The van der Waals surface area contributed by atoms with E-state index in [0.29, 0.717) is 0 Å². The summed E-state index contributed by atoms with van der Waals surface area (Å²) < 4.78 is 1.36. The second kappa shape index (κ2) is 8.43. The van der Waals surface area contributed by atoms with Crippen LogP contribution in [0.25, 0.3) is 10.1 Å². The average Bonchev–Trinajstić information content (AvgIpc) is 2.90. The lowest BCUT2D eigenvalue weighted by atomic mass is 10.0. The van der Waals surface area contributed by atoms with Crippen molar-refractivity contribution >= 4 is 21.4 Å². The van der Waals surface area contributed by atoms with Gasteiger partial charge >= 0.3 is 0 Å². The van der Waals surface area contributed by atoms with Crippen molar-refractivity contribution in [1.29, 1.82) is 0 Å². The van der Waals surface area contributed by atoms with Crippen LogP contribution in [-0.4, -0.2) is 0 Å². The molecule has 2 N–H and O–H groups in total. The molecule has 0 amide bonds. The Hall–Kier alpha value is -0.860. The standard InChI is InChI=1S/C18H27NS/c1-2-3-4-5-6-7-8-12-16(19)18-14-15-11-9-10-13-17(15)20-18/h9-11,13-14,16H,2-8,12,19H2,1H3. The zero-order valence-corrected chi connectivity index (χ0v) is 13.4. The first-order valence-corrected chi connectivity index (χ1v) is 8.87. The van der Waals surface area contributed by atoms with Gasteiger partial charge in [0.05, 0.1) is 0 Å². The van der Waals surface area contributed by atoms with Crippen molar-refractivity contribution in [2.24, 2.45) is 5.73 Å². The van der Waals surface area contributed by atoms with E-state index in [4.69, 9.17) is 5.73 Å². The fraction of sp³-hybridized carbons (Fsp3) is 0.556. The van der Waals surface area contributed by atoms with Crippen molar-refractivity contribution in [3.05, 3.63) is 35.2 Å². The minimum Gasteiger partial charge on any atom is -0.323 e. The van der Waals surface area contributed by atoms with E-state index in [1.54, 1.807) is 0 Å². The van der Waals surface area contributed by atoms with Crippen molar-refractivity contribution in [2.45, 2.75) is 64.3 Å². The van der Waals surface area contributed by atoms with Crippen LogP contribution in [0.15, 0.2) is 30.3 Å². The molecule has 1 heterocycles. The molecular weight excluding hydrogens is 262 g/mol. The Morgan fingerprint density at radius 2 is 1.70 bits per heavy atom. The molecule has 2 rings (SSSR count). The van der Waals surface area contributed by atoms with Gasteiger partial charge in [-0.2, -0.15) is 0 Å². The van der Waals surface area contributed by atoms with Crippen LogP contribution < -0.4 is 5.73 Å². The van der Waals surface area contributed by atoms with Crippen LogP contribution in [0.4, 0.5) is 0 Å². The van der Waals surface area contributed by atoms with Crippen molar-refractivity contribution in [1.82, 2.24) is 0 Å². The van der Waals surface area contributed by atoms with Crippen LogP contribution in [0.2, 0.25) is 0 Å². The second-order valence-corrected chi connectivity index (χ2v) is 6.82. The predicted molar refractivity (Wildman–Crippen MR) is 91.4 cm³/mol. The average molecular weight is 289 g/mol. The van der Waals surface area contributed by atoms with E-state index in [1.807, 2.05) is 11.3 Å². The second-order valence-electron chi connectivity index (χ2n) is 5.70. The summed E-state index contributed by atoms with van der Waals surface area (Å²) in [5.41, 5.74) is 6.33. The van der Waals surface area contributed by atoms with E-state index in [0.717, 1.165) is 6.42 Å². The number of thiophene rings is 1. The highest BCUT2D eigenvalue weighted by atomic mass is 32.1. The summed E-state index contributed by atoms with van der Waals surface area (Å²) in [6.45, 7) is 2.27. The summed E-state index contributed by atoms with van der Waals surface area (Å²) in [6.07, 6.45) is 10.6. The number of benzene rings is 1. The largest absolute Gasteiger partial charge is 0.323 e. The lowest BCUT2D eigenvalue weighted by Gasteiger charge is -2.08. The van der Waals surface area contributed by atoms with E-state index in [2.05, 4.69) is 37.3 Å². The highest BCUT2D eigenvalue weighted by Gasteiger charge is 2.09. The number of unbranched alkanes of at least 4 members (excludes halogenated alkanes) is 6. The highest BCUT2D eigenvalue weighted by molar-refractivity contribution is 7.19. The van der Waals surface area contributed by atoms with Crippen molar-refractivity contribution in [3.63, 3.8) is 0 Å². The number of nitrogens with two attached hydrogens (primary N) is 1. The van der Waals surface area contributed by atoms with Crippen LogP contribution >= 0.6 is 11.3 Å². The lowest BCUT2D eigenvalue weighted by molar-refractivity contribution is 0.544. The molecule has 110 valence electrons. The molecule has 0 aliphatic carbocycles. The minimum absolute atomic E-state index is 0.225. The van der Waals surface area contributed by atoms with Crippen LogP contribution in [0.3, 0.4) is 0 Å². The molecule has 1 aromatic heterocycles. The van der Waals surface area contributed by atoms with Crippen molar-refractivity contribution in [3.8, 4) is 0 Å². The maximum atomic E-state index is 6.33. The molecule has 0 spiro atoms. The van der Waals surface area contributed by atoms with E-state index in [9.17, 15) is 0 Å². The Kier molecular flexibility index (Phi) is 6.55. The van der Waals surface area contributed by atoms with Gasteiger partial charge in [-0.3, -0.25) is 0 Å². The number of rotatable bonds is 9. The molecule has 0 aliphatic heterocycles. The molecule has 0 saturated carbocycles. The summed E-state index contributed by atoms with van der Waals surface area (Å²) in [5, 5.41) is 1.34. The summed E-state index contributed by atoms with van der Waals surface area (Å²) in [4.78, 5) is 1.34. The molecule has 1 atom stereocenters. The Bertz CT molecular complexity index is 470. The topological polar surface area (TPSA) is 26.0 Å². The maximum Gasteiger partial charge on any atom is 0.0390 e. The Balaban J connectivity index is 1.70. The third-order valence-electron chi connectivity index (χ3n) is 3.93. The number of hydrogen-bond acceptors (Lipinski definition) is 2. The maximum absolute atomic E-state index is 6.33. The fourth-order valence-corrected chi connectivity index (χ4v) is 3.75. The summed E-state index contributed by atoms with van der Waals surface area (Å²) in [7, 11) is 0. The van der Waals surface area contributed by atoms with E-state index in [1.165, 1.54) is 59.9 Å². The SMILES string of the molecule is CCCCCCCCCC(N)c1cc2ccccc2s1. The zero-order chi connectivity index (χ0) is 14.2. The molecule has 20 heavy (non-hydrogen) atoms. The molecular formula is C18H27NS. The van der Waals surface area contributed by atoms with Crippen LogP contribution in [0.1, 0.15) is 69.2 Å². The van der Waals surface area contributed by atoms with Gasteiger partial charge in [0.2, 0.25) is 0 Å². The first-order valence-electron chi connectivity index (χ1n) is 8.05. The zero-order valence-electron chi connectivity index (χ0n) is 12.6. The van der Waals surface area contributed by atoms with Crippen molar-refractivity contribution in [2.75, 3.05) is 0 Å². The molecule has 0 aliphatic rings. The molecule has 1 unspecified atom stereocenters. The first-order chi connectivity index (χ1) is 9.81. The monoisotopic (exact) mass is 289 g/mol. The first kappa shape index (κ1) is 15.5. The van der Waals surface area contributed by atoms with Crippen molar-refractivity contribution < 1.29 is 0 Å². The van der Waals surface area contributed by atoms with E-state index >= 15 is 0 Å². The van der Waals surface area contributed by atoms with Gasteiger partial charge in [0.15, 0.2) is 0 Å². The van der Waals surface area contributed by atoms with Crippen LogP contribution in [0.5, 0.6) is 0 Å². The van der Waals surface area contributed by atoms with Gasteiger partial charge in [0.25, 0.3) is 0 Å². The molecule has 1 aromatic carbocycles. The Labute approximate surface area is 127 Å². The van der Waals surface area contributed by atoms with Gasteiger partial charge in [-0.1, -0.05) is 70.1 Å². The molecule has 0 bridgehead atoms. The Morgan fingerprint density at radius 1 is 1.00 bits per heavy atom. The lowest BCUT2D eigenvalue weighted by Crippen LogP contribution is -2.08. The highest BCUT2D eigenvalue weighted by Crippen LogP contribution is 2.30.